The van der Waals surface area contributed by atoms with Gasteiger partial charge in [-0.2, -0.15) is 0 Å². The second kappa shape index (κ2) is 14.6. The second-order valence-corrected chi connectivity index (χ2v) is 21.9. The summed E-state index contributed by atoms with van der Waals surface area (Å²) in [6.45, 7) is 23.5. The van der Waals surface area contributed by atoms with Crippen LogP contribution in [0.3, 0.4) is 0 Å². The molecule has 5 saturated carbocycles. The molecule has 0 saturated heterocycles. The van der Waals surface area contributed by atoms with Crippen LogP contribution < -0.4 is 0 Å². The van der Waals surface area contributed by atoms with E-state index in [1.165, 1.54) is 24.8 Å². The maximum absolute atomic E-state index is 14.2. The Labute approximate surface area is 327 Å². The van der Waals surface area contributed by atoms with Crippen molar-refractivity contribution in [3.63, 3.8) is 0 Å². The number of nitrogens with zero attached hydrogens (tertiary/aromatic N) is 2. The van der Waals surface area contributed by atoms with Gasteiger partial charge >= 0.3 is 11.9 Å². The Hall–Kier alpha value is -1.77. The molecule has 0 heterocycles. The van der Waals surface area contributed by atoms with Gasteiger partial charge in [0.05, 0.1) is 17.9 Å². The molecule has 8 heteroatoms. The van der Waals surface area contributed by atoms with Gasteiger partial charge in [-0.05, 0) is 144 Å². The van der Waals surface area contributed by atoms with Crippen molar-refractivity contribution >= 4 is 17.7 Å². The molecule has 5 fully saturated rings. The van der Waals surface area contributed by atoms with E-state index < -0.39 is 28.9 Å². The predicted molar refractivity (Wildman–Crippen MR) is 214 cm³/mol. The van der Waals surface area contributed by atoms with Crippen molar-refractivity contribution in [1.29, 1.82) is 0 Å². The van der Waals surface area contributed by atoms with Crippen molar-refractivity contribution in [3.8, 4) is 0 Å². The van der Waals surface area contributed by atoms with Gasteiger partial charge in [0, 0.05) is 43.4 Å². The number of likely N-dealkylation sites (N-methyl/N-ethyl adjacent to an activating group) is 1. The maximum Gasteiger partial charge on any atom is 0.309 e. The number of rotatable bonds is 13. The van der Waals surface area contributed by atoms with Crippen molar-refractivity contribution < 1.29 is 29.3 Å². The van der Waals surface area contributed by atoms with E-state index in [4.69, 9.17) is 4.74 Å². The van der Waals surface area contributed by atoms with Crippen molar-refractivity contribution in [3.05, 3.63) is 11.1 Å². The molecule has 0 aromatic carbocycles. The van der Waals surface area contributed by atoms with Gasteiger partial charge in [-0.3, -0.25) is 19.3 Å². The number of ether oxygens (including phenoxy) is 1. The third-order valence-electron chi connectivity index (χ3n) is 17.5. The molecule has 0 aliphatic heterocycles. The summed E-state index contributed by atoms with van der Waals surface area (Å²) in [7, 11) is 4.25. The SMILES string of the molecule is CC(C)C1=C2[C@H]3CC[C@@H]4[C@@]5(C)CC[C@H](OC(=O)CC(C)(C)C(=O)O)C(C)(C)[C@@H]5CC[C@@]4(C)[C@]3(C)CCC2(C(O)CN(CCN(C)C)CC2CCC2)CC1=O. The lowest BCUT2D eigenvalue weighted by Gasteiger charge is -2.72. The quantitative estimate of drug-likeness (QED) is 0.181. The van der Waals surface area contributed by atoms with E-state index in [1.54, 1.807) is 13.8 Å². The molecule has 6 aliphatic rings. The van der Waals surface area contributed by atoms with Crippen molar-refractivity contribution in [2.75, 3.05) is 40.3 Å². The van der Waals surface area contributed by atoms with Crippen LogP contribution in [0.15, 0.2) is 11.1 Å². The lowest BCUT2D eigenvalue weighted by Crippen LogP contribution is -2.66. The average molecular weight is 753 g/mol. The van der Waals surface area contributed by atoms with E-state index >= 15 is 0 Å². The molecule has 0 radical (unpaired) electrons. The number of aliphatic hydroxyl groups excluding tert-OH is 1. The van der Waals surface area contributed by atoms with E-state index in [-0.39, 0.29) is 51.8 Å². The van der Waals surface area contributed by atoms with Crippen molar-refractivity contribution in [1.82, 2.24) is 9.80 Å². The van der Waals surface area contributed by atoms with Gasteiger partial charge in [-0.25, -0.2) is 0 Å². The van der Waals surface area contributed by atoms with Crippen LogP contribution in [-0.2, 0) is 19.1 Å². The van der Waals surface area contributed by atoms with Crippen LogP contribution in [0.4, 0.5) is 0 Å². The van der Waals surface area contributed by atoms with Gasteiger partial charge in [0.2, 0.25) is 0 Å². The Morgan fingerprint density at radius 3 is 2.17 bits per heavy atom. The number of allylic oxidation sites excluding steroid dienone is 1. The van der Waals surface area contributed by atoms with Crippen LogP contribution in [0.1, 0.15) is 146 Å². The summed E-state index contributed by atoms with van der Waals surface area (Å²) >= 11 is 0. The third kappa shape index (κ3) is 6.76. The van der Waals surface area contributed by atoms with Gasteiger partial charge in [-0.1, -0.05) is 60.5 Å². The minimum Gasteiger partial charge on any atom is -0.481 e. The van der Waals surface area contributed by atoms with Crippen molar-refractivity contribution in [2.45, 2.75) is 158 Å². The first kappa shape index (κ1) is 41.9. The monoisotopic (exact) mass is 753 g/mol. The molecule has 2 N–H and O–H groups in total. The number of hydrogen-bond donors (Lipinski definition) is 2. The van der Waals surface area contributed by atoms with E-state index in [0.29, 0.717) is 24.8 Å². The molecule has 0 amide bonds. The number of ketones is 1. The number of esters is 1. The Bertz CT molecular complexity index is 1500. The number of carboxylic acids is 1. The summed E-state index contributed by atoms with van der Waals surface area (Å²) in [5.41, 5.74) is 0.703. The molecule has 9 atom stereocenters. The lowest BCUT2D eigenvalue weighted by atomic mass is 9.33. The molecule has 6 rings (SSSR count). The molecule has 6 aliphatic carbocycles. The summed E-state index contributed by atoms with van der Waals surface area (Å²) in [5.74, 6) is 0.937. The van der Waals surface area contributed by atoms with Crippen LogP contribution in [0.2, 0.25) is 0 Å². The van der Waals surface area contributed by atoms with Gasteiger partial charge < -0.3 is 19.8 Å². The summed E-state index contributed by atoms with van der Waals surface area (Å²) in [6, 6.07) is 0. The van der Waals surface area contributed by atoms with Crippen LogP contribution in [0.25, 0.3) is 0 Å². The largest absolute Gasteiger partial charge is 0.481 e. The molecule has 0 bridgehead atoms. The fraction of sp³-hybridized carbons (Fsp3) is 0.891. The van der Waals surface area contributed by atoms with Crippen LogP contribution in [0, 0.1) is 62.1 Å². The molecule has 54 heavy (non-hydrogen) atoms. The molecule has 8 nitrogen and oxygen atoms in total. The van der Waals surface area contributed by atoms with Crippen LogP contribution in [0.5, 0.6) is 0 Å². The minimum absolute atomic E-state index is 0.0135. The fourth-order valence-electron chi connectivity index (χ4n) is 14.0. The molecular formula is C46H76N2O6. The highest BCUT2D eigenvalue weighted by atomic mass is 16.5. The zero-order valence-electron chi connectivity index (χ0n) is 36.0. The van der Waals surface area contributed by atoms with Gasteiger partial charge in [0.25, 0.3) is 0 Å². The minimum atomic E-state index is -1.16. The van der Waals surface area contributed by atoms with E-state index in [0.717, 1.165) is 82.5 Å². The fourth-order valence-corrected chi connectivity index (χ4v) is 14.0. The Morgan fingerprint density at radius 2 is 1.57 bits per heavy atom. The van der Waals surface area contributed by atoms with Crippen LogP contribution >= 0.6 is 0 Å². The Kier molecular flexibility index (Phi) is 11.3. The molecule has 0 aromatic rings. The summed E-state index contributed by atoms with van der Waals surface area (Å²) in [4.78, 5) is 43.9. The van der Waals surface area contributed by atoms with Gasteiger partial charge in [-0.15, -0.1) is 0 Å². The molecule has 0 aromatic heterocycles. The summed E-state index contributed by atoms with van der Waals surface area (Å²) < 4.78 is 6.19. The number of hydrogen-bond acceptors (Lipinski definition) is 7. The molecular weight excluding hydrogens is 677 g/mol. The topological polar surface area (TPSA) is 107 Å². The lowest BCUT2D eigenvalue weighted by molar-refractivity contribution is -0.235. The van der Waals surface area contributed by atoms with E-state index in [9.17, 15) is 24.6 Å². The first-order chi connectivity index (χ1) is 25.0. The number of carbonyl (C=O) groups excluding carboxylic acids is 2. The van der Waals surface area contributed by atoms with Gasteiger partial charge in [0.1, 0.15) is 6.10 Å². The van der Waals surface area contributed by atoms with E-state index in [2.05, 4.69) is 72.4 Å². The number of carbonyl (C=O) groups is 3. The third-order valence-corrected chi connectivity index (χ3v) is 17.5. The second-order valence-electron chi connectivity index (χ2n) is 21.9. The predicted octanol–water partition coefficient (Wildman–Crippen LogP) is 8.40. The zero-order chi connectivity index (χ0) is 39.8. The normalized spacial score (nSPS) is 38.5. The number of carboxylic acid groups (broad SMARTS) is 1. The summed E-state index contributed by atoms with van der Waals surface area (Å²) in [6.07, 6.45) is 11.5. The maximum atomic E-state index is 14.2. The number of aliphatic carboxylic acids is 1. The first-order valence-electron chi connectivity index (χ1n) is 21.8. The number of aliphatic hydroxyl groups is 1. The first-order valence-corrected chi connectivity index (χ1v) is 21.8. The van der Waals surface area contributed by atoms with Crippen LogP contribution in [-0.4, -0.2) is 90.2 Å². The molecule has 306 valence electrons. The highest BCUT2D eigenvalue weighted by Gasteiger charge is 2.71. The van der Waals surface area contributed by atoms with E-state index in [1.807, 2.05) is 0 Å². The number of fused-ring (bicyclic) bond motifs is 7. The van der Waals surface area contributed by atoms with Gasteiger partial charge in [0.15, 0.2) is 5.78 Å². The molecule has 0 spiro atoms. The highest BCUT2D eigenvalue weighted by Crippen LogP contribution is 2.77. The highest BCUT2D eigenvalue weighted by molar-refractivity contribution is 6.00. The van der Waals surface area contributed by atoms with Crippen molar-refractivity contribution in [2.24, 2.45) is 62.1 Å². The summed E-state index contributed by atoms with van der Waals surface area (Å²) in [5, 5.41) is 22.2. The average Bonchev–Trinajstić information content (AvgIpc) is 3.36. The standard InChI is InChI=1S/C46H76N2O6/c1-29(2)38-32(49)25-46(35(50)28-48(24-23-47(10)11)27-30-13-12-14-30)22-21-44(8)31(39(38)46)15-16-34-43(7)19-18-36(54-37(51)26-41(3,4)40(52)53)42(5,6)33(43)17-20-45(34,44)9/h29-31,33-36,50H,12-28H2,1-11H3,(H,52,53)/t31-,33+,34-,35?,36+,43+,44-,45-,46?/m1/s1. The molecule has 2 unspecified atom stereocenters. The zero-order valence-corrected chi connectivity index (χ0v) is 36.0. The Balaban J connectivity index is 1.28. The Morgan fingerprint density at radius 1 is 0.889 bits per heavy atom. The smallest absolute Gasteiger partial charge is 0.309 e. The number of Topliss-reactive ketones (excluding diaryl/α,β-unsaturated/α-hetero) is 1.